The third-order valence-electron chi connectivity index (χ3n) is 4.66. The van der Waals surface area contributed by atoms with Crippen LogP contribution in [0.25, 0.3) is 11.0 Å². The van der Waals surface area contributed by atoms with E-state index in [1.54, 1.807) is 36.0 Å². The SMILES string of the molecule is C=CCn1c(=O)c(=O)n(CCC(=O)NCc2ccc(SC)cc2)c2ccccc21. The third kappa shape index (κ3) is 4.68. The number of nitrogens with one attached hydrogen (secondary N) is 1. The number of thioether (sulfide) groups is 1. The van der Waals surface area contributed by atoms with Crippen molar-refractivity contribution in [3.05, 3.63) is 87.5 Å². The summed E-state index contributed by atoms with van der Waals surface area (Å²) < 4.78 is 2.78. The van der Waals surface area contributed by atoms with Gasteiger partial charge in [-0.25, -0.2) is 0 Å². The van der Waals surface area contributed by atoms with Crippen LogP contribution in [0.15, 0.2) is 75.7 Å². The fraction of sp³-hybridized carbons (Fsp3) is 0.227. The molecular weight excluding hydrogens is 386 g/mol. The van der Waals surface area contributed by atoms with Gasteiger partial charge < -0.3 is 9.88 Å². The van der Waals surface area contributed by atoms with Gasteiger partial charge in [0, 0.05) is 31.0 Å². The van der Waals surface area contributed by atoms with Crippen LogP contribution < -0.4 is 16.4 Å². The maximum absolute atomic E-state index is 12.6. The summed E-state index contributed by atoms with van der Waals surface area (Å²) in [5, 5.41) is 2.86. The normalized spacial score (nSPS) is 10.8. The van der Waals surface area contributed by atoms with Gasteiger partial charge in [-0.2, -0.15) is 0 Å². The summed E-state index contributed by atoms with van der Waals surface area (Å²) in [7, 11) is 0. The molecule has 0 radical (unpaired) electrons. The predicted octanol–water partition coefficient (Wildman–Crippen LogP) is 2.78. The van der Waals surface area contributed by atoms with Gasteiger partial charge in [0.1, 0.15) is 0 Å². The third-order valence-corrected chi connectivity index (χ3v) is 5.40. The molecule has 1 heterocycles. The molecule has 6 nitrogen and oxygen atoms in total. The van der Waals surface area contributed by atoms with Crippen LogP contribution in [-0.4, -0.2) is 21.3 Å². The average molecular weight is 410 g/mol. The predicted molar refractivity (Wildman–Crippen MR) is 117 cm³/mol. The van der Waals surface area contributed by atoms with Crippen molar-refractivity contribution in [2.24, 2.45) is 0 Å². The quantitative estimate of drug-likeness (QED) is 0.353. The van der Waals surface area contributed by atoms with Gasteiger partial charge in [-0.3, -0.25) is 19.0 Å². The molecule has 1 N–H and O–H groups in total. The summed E-state index contributed by atoms with van der Waals surface area (Å²) in [6.07, 6.45) is 3.70. The van der Waals surface area contributed by atoms with E-state index >= 15 is 0 Å². The number of fused-ring (bicyclic) bond motifs is 1. The molecule has 2 aromatic carbocycles. The van der Waals surface area contributed by atoms with Crippen molar-refractivity contribution in [3.8, 4) is 0 Å². The van der Waals surface area contributed by atoms with Crippen molar-refractivity contribution >= 4 is 28.7 Å². The maximum Gasteiger partial charge on any atom is 0.317 e. The molecule has 0 spiro atoms. The number of para-hydroxylation sites is 2. The molecule has 7 heteroatoms. The fourth-order valence-corrected chi connectivity index (χ4v) is 3.56. The van der Waals surface area contributed by atoms with Crippen LogP contribution in [0.2, 0.25) is 0 Å². The second kappa shape index (κ2) is 9.43. The van der Waals surface area contributed by atoms with E-state index in [2.05, 4.69) is 11.9 Å². The minimum atomic E-state index is -0.633. The van der Waals surface area contributed by atoms with Crippen LogP contribution in [0.3, 0.4) is 0 Å². The van der Waals surface area contributed by atoms with Gasteiger partial charge in [0.2, 0.25) is 5.91 Å². The number of benzene rings is 2. The topological polar surface area (TPSA) is 73.1 Å². The van der Waals surface area contributed by atoms with Crippen molar-refractivity contribution < 1.29 is 4.79 Å². The Bertz CT molecular complexity index is 1150. The lowest BCUT2D eigenvalue weighted by Gasteiger charge is -2.14. The Hall–Kier alpha value is -3.06. The molecule has 0 fully saturated rings. The number of rotatable bonds is 8. The molecule has 1 aromatic heterocycles. The van der Waals surface area contributed by atoms with Crippen molar-refractivity contribution in [3.63, 3.8) is 0 Å². The molecule has 0 aliphatic heterocycles. The van der Waals surface area contributed by atoms with Gasteiger partial charge in [-0.1, -0.05) is 30.3 Å². The van der Waals surface area contributed by atoms with E-state index in [-0.39, 0.29) is 25.4 Å². The highest BCUT2D eigenvalue weighted by Gasteiger charge is 2.13. The summed E-state index contributed by atoms with van der Waals surface area (Å²) >= 11 is 1.66. The Morgan fingerprint density at radius 2 is 1.66 bits per heavy atom. The first-order valence-corrected chi connectivity index (χ1v) is 10.5. The van der Waals surface area contributed by atoms with Gasteiger partial charge >= 0.3 is 11.1 Å². The van der Waals surface area contributed by atoms with Crippen LogP contribution in [-0.2, 0) is 24.4 Å². The Kier molecular flexibility index (Phi) is 6.72. The Labute approximate surface area is 172 Å². The molecule has 1 amide bonds. The first kappa shape index (κ1) is 20.7. The largest absolute Gasteiger partial charge is 0.352 e. The van der Waals surface area contributed by atoms with Gasteiger partial charge in [-0.05, 0) is 36.1 Å². The van der Waals surface area contributed by atoms with E-state index < -0.39 is 11.1 Å². The number of allylic oxidation sites excluding steroid dienone is 1. The average Bonchev–Trinajstić information content (AvgIpc) is 2.75. The molecule has 0 bridgehead atoms. The molecule has 0 saturated carbocycles. The second-order valence-electron chi connectivity index (χ2n) is 6.52. The summed E-state index contributed by atoms with van der Waals surface area (Å²) in [6.45, 7) is 4.46. The monoisotopic (exact) mass is 409 g/mol. The smallest absolute Gasteiger partial charge is 0.317 e. The second-order valence-corrected chi connectivity index (χ2v) is 7.40. The number of aryl methyl sites for hydroxylation is 1. The summed E-state index contributed by atoms with van der Waals surface area (Å²) in [5.74, 6) is -0.176. The summed E-state index contributed by atoms with van der Waals surface area (Å²) in [6, 6.07) is 15.2. The van der Waals surface area contributed by atoms with E-state index in [0.717, 1.165) is 10.5 Å². The summed E-state index contributed by atoms with van der Waals surface area (Å²) in [4.78, 5) is 38.5. The lowest BCUT2D eigenvalue weighted by molar-refractivity contribution is -0.121. The molecule has 0 unspecified atom stereocenters. The fourth-order valence-electron chi connectivity index (χ4n) is 3.15. The molecule has 0 aliphatic carbocycles. The van der Waals surface area contributed by atoms with E-state index in [9.17, 15) is 14.4 Å². The number of aromatic nitrogens is 2. The first-order chi connectivity index (χ1) is 14.0. The van der Waals surface area contributed by atoms with E-state index in [4.69, 9.17) is 0 Å². The number of hydrogen-bond acceptors (Lipinski definition) is 4. The number of amides is 1. The molecule has 3 aromatic rings. The number of hydrogen-bond donors (Lipinski definition) is 1. The van der Waals surface area contributed by atoms with Crippen LogP contribution in [0.4, 0.5) is 0 Å². The van der Waals surface area contributed by atoms with Gasteiger partial charge in [0.25, 0.3) is 0 Å². The zero-order valence-corrected chi connectivity index (χ0v) is 17.1. The van der Waals surface area contributed by atoms with Gasteiger partial charge in [0.15, 0.2) is 0 Å². The highest BCUT2D eigenvalue weighted by Crippen LogP contribution is 2.15. The van der Waals surface area contributed by atoms with Gasteiger partial charge in [-0.15, -0.1) is 18.3 Å². The van der Waals surface area contributed by atoms with Crippen LogP contribution >= 0.6 is 11.8 Å². The Morgan fingerprint density at radius 3 is 2.28 bits per heavy atom. The zero-order chi connectivity index (χ0) is 20.8. The lowest BCUT2D eigenvalue weighted by Crippen LogP contribution is -2.42. The van der Waals surface area contributed by atoms with Crippen molar-refractivity contribution in [2.45, 2.75) is 31.0 Å². The van der Waals surface area contributed by atoms with E-state index in [0.29, 0.717) is 17.6 Å². The molecule has 0 aliphatic rings. The number of nitrogens with zero attached hydrogens (tertiary/aromatic N) is 2. The van der Waals surface area contributed by atoms with Crippen molar-refractivity contribution in [1.29, 1.82) is 0 Å². The Morgan fingerprint density at radius 1 is 1.03 bits per heavy atom. The number of carbonyl (C=O) groups is 1. The first-order valence-electron chi connectivity index (χ1n) is 9.28. The summed E-state index contributed by atoms with van der Waals surface area (Å²) in [5.41, 5.74) is 1.03. The standard InChI is InChI=1S/C22H23N3O3S/c1-3-13-24-18-6-4-5-7-19(18)25(22(28)21(24)27)14-12-20(26)23-15-16-8-10-17(29-2)11-9-16/h3-11H,1,12-15H2,2H3,(H,23,26). The Balaban J connectivity index is 1.74. The molecule has 150 valence electrons. The van der Waals surface area contributed by atoms with E-state index in [1.165, 1.54) is 9.13 Å². The molecule has 0 atom stereocenters. The van der Waals surface area contributed by atoms with Crippen LogP contribution in [0, 0.1) is 0 Å². The zero-order valence-electron chi connectivity index (χ0n) is 16.3. The van der Waals surface area contributed by atoms with Gasteiger partial charge in [0.05, 0.1) is 11.0 Å². The van der Waals surface area contributed by atoms with Crippen LogP contribution in [0.1, 0.15) is 12.0 Å². The van der Waals surface area contributed by atoms with Crippen molar-refractivity contribution in [1.82, 2.24) is 14.5 Å². The molecule has 0 saturated heterocycles. The minimum absolute atomic E-state index is 0.109. The molecule has 3 rings (SSSR count). The van der Waals surface area contributed by atoms with Crippen molar-refractivity contribution in [2.75, 3.05) is 6.26 Å². The highest BCUT2D eigenvalue weighted by atomic mass is 32.2. The van der Waals surface area contributed by atoms with E-state index in [1.807, 2.05) is 36.6 Å². The minimum Gasteiger partial charge on any atom is -0.352 e. The maximum atomic E-state index is 12.6. The number of carbonyl (C=O) groups excluding carboxylic acids is 1. The molecule has 29 heavy (non-hydrogen) atoms. The molecular formula is C22H23N3O3S. The highest BCUT2D eigenvalue weighted by molar-refractivity contribution is 7.98. The lowest BCUT2D eigenvalue weighted by atomic mass is 10.2. The van der Waals surface area contributed by atoms with Crippen LogP contribution in [0.5, 0.6) is 0 Å².